The van der Waals surface area contributed by atoms with E-state index in [1.807, 2.05) is 0 Å². The standard InChI is InChI=1S/C19H18N4O5/c1-11(18(25)21-12-6-8-13(9-7-12)23(27)28)20-17(24)10-15-14-4-2-3-5-16(14)22-19(15)26/h2-9,11,15H,10H2,1H3,(H,20,24)(H,21,25)(H,22,26)/t11-,15?/m0/s1. The van der Waals surface area contributed by atoms with Crippen molar-refractivity contribution in [1.82, 2.24) is 5.32 Å². The van der Waals surface area contributed by atoms with Gasteiger partial charge in [0.1, 0.15) is 6.04 Å². The third kappa shape index (κ3) is 4.14. The lowest BCUT2D eigenvalue weighted by Gasteiger charge is -2.15. The largest absolute Gasteiger partial charge is 0.345 e. The van der Waals surface area contributed by atoms with E-state index in [0.717, 1.165) is 5.56 Å². The Kier molecular flexibility index (Phi) is 5.35. The van der Waals surface area contributed by atoms with E-state index in [0.29, 0.717) is 11.4 Å². The second kappa shape index (κ2) is 7.87. The number of rotatable bonds is 6. The summed E-state index contributed by atoms with van der Waals surface area (Å²) in [6, 6.07) is 11.7. The van der Waals surface area contributed by atoms with Crippen LogP contribution >= 0.6 is 0 Å². The Bertz CT molecular complexity index is 942. The van der Waals surface area contributed by atoms with Gasteiger partial charge in [-0.1, -0.05) is 18.2 Å². The van der Waals surface area contributed by atoms with Crippen LogP contribution in [0.2, 0.25) is 0 Å². The number of carbonyl (C=O) groups excluding carboxylic acids is 3. The van der Waals surface area contributed by atoms with Crippen molar-refractivity contribution in [3.8, 4) is 0 Å². The predicted octanol–water partition coefficient (Wildman–Crippen LogP) is 2.16. The average Bonchev–Trinajstić information content (AvgIpc) is 2.97. The summed E-state index contributed by atoms with van der Waals surface area (Å²) < 4.78 is 0. The molecule has 0 fully saturated rings. The van der Waals surface area contributed by atoms with Crippen LogP contribution in [0.1, 0.15) is 24.8 Å². The minimum atomic E-state index is -0.845. The highest BCUT2D eigenvalue weighted by atomic mass is 16.6. The molecule has 1 aliphatic rings. The SMILES string of the molecule is C[C@H](NC(=O)CC1C(=O)Nc2ccccc21)C(=O)Nc1ccc([N+](=O)[O-])cc1. The number of hydrogen-bond donors (Lipinski definition) is 3. The molecular formula is C19H18N4O5. The fourth-order valence-corrected chi connectivity index (χ4v) is 2.95. The molecule has 1 aliphatic heterocycles. The number of para-hydroxylation sites is 1. The van der Waals surface area contributed by atoms with Crippen LogP contribution in [0.25, 0.3) is 0 Å². The molecule has 0 saturated carbocycles. The van der Waals surface area contributed by atoms with Crippen LogP contribution in [0, 0.1) is 10.1 Å². The van der Waals surface area contributed by atoms with Gasteiger partial charge >= 0.3 is 0 Å². The van der Waals surface area contributed by atoms with Gasteiger partial charge in [-0.2, -0.15) is 0 Å². The van der Waals surface area contributed by atoms with Gasteiger partial charge in [0.05, 0.1) is 10.8 Å². The first-order valence-electron chi connectivity index (χ1n) is 8.59. The Morgan fingerprint density at radius 2 is 1.86 bits per heavy atom. The highest BCUT2D eigenvalue weighted by molar-refractivity contribution is 6.05. The average molecular weight is 382 g/mol. The van der Waals surface area contributed by atoms with Gasteiger partial charge in [0.15, 0.2) is 0 Å². The van der Waals surface area contributed by atoms with Gasteiger partial charge in [-0.05, 0) is 30.7 Å². The molecule has 28 heavy (non-hydrogen) atoms. The maximum atomic E-state index is 12.3. The highest BCUT2D eigenvalue weighted by Crippen LogP contribution is 2.34. The molecular weight excluding hydrogens is 364 g/mol. The topological polar surface area (TPSA) is 130 Å². The number of nitrogens with one attached hydrogen (secondary N) is 3. The summed E-state index contributed by atoms with van der Waals surface area (Å²) in [4.78, 5) is 46.7. The van der Waals surface area contributed by atoms with E-state index in [9.17, 15) is 24.5 Å². The zero-order valence-electron chi connectivity index (χ0n) is 15.0. The van der Waals surface area contributed by atoms with Crippen LogP contribution in [0.5, 0.6) is 0 Å². The second-order valence-electron chi connectivity index (χ2n) is 6.42. The molecule has 1 unspecified atom stereocenters. The molecule has 0 saturated heterocycles. The molecule has 2 aromatic rings. The number of carbonyl (C=O) groups is 3. The van der Waals surface area contributed by atoms with Crippen molar-refractivity contribution in [2.24, 2.45) is 0 Å². The lowest BCUT2D eigenvalue weighted by Crippen LogP contribution is -2.42. The van der Waals surface area contributed by atoms with Gasteiger partial charge in [0, 0.05) is 29.9 Å². The van der Waals surface area contributed by atoms with E-state index >= 15 is 0 Å². The second-order valence-corrected chi connectivity index (χ2v) is 6.42. The minimum Gasteiger partial charge on any atom is -0.345 e. The van der Waals surface area contributed by atoms with Crippen LogP contribution in [-0.4, -0.2) is 28.7 Å². The number of non-ortho nitro benzene ring substituents is 1. The number of amides is 3. The van der Waals surface area contributed by atoms with Crippen molar-refractivity contribution < 1.29 is 19.3 Å². The van der Waals surface area contributed by atoms with Gasteiger partial charge in [-0.25, -0.2) is 0 Å². The zero-order valence-corrected chi connectivity index (χ0v) is 15.0. The summed E-state index contributed by atoms with van der Waals surface area (Å²) in [7, 11) is 0. The Hall–Kier alpha value is -3.75. The van der Waals surface area contributed by atoms with Gasteiger partial charge in [0.25, 0.3) is 5.69 Å². The monoisotopic (exact) mass is 382 g/mol. The van der Waals surface area contributed by atoms with Crippen molar-refractivity contribution in [3.05, 3.63) is 64.2 Å². The first kappa shape index (κ1) is 19.0. The van der Waals surface area contributed by atoms with Crippen molar-refractivity contribution in [2.45, 2.75) is 25.3 Å². The summed E-state index contributed by atoms with van der Waals surface area (Å²) in [5, 5.41) is 18.5. The van der Waals surface area contributed by atoms with Crippen molar-refractivity contribution in [1.29, 1.82) is 0 Å². The van der Waals surface area contributed by atoms with E-state index in [2.05, 4.69) is 16.0 Å². The summed E-state index contributed by atoms with van der Waals surface area (Å²) in [5.74, 6) is -1.75. The van der Waals surface area contributed by atoms with Crippen molar-refractivity contribution in [2.75, 3.05) is 10.6 Å². The summed E-state index contributed by atoms with van der Waals surface area (Å²) >= 11 is 0. The van der Waals surface area contributed by atoms with Crippen LogP contribution in [0.3, 0.4) is 0 Å². The molecule has 0 aromatic heterocycles. The Balaban J connectivity index is 1.56. The molecule has 2 atom stereocenters. The normalized spacial score (nSPS) is 15.9. The third-order valence-corrected chi connectivity index (χ3v) is 4.42. The summed E-state index contributed by atoms with van der Waals surface area (Å²) in [6.07, 6.45) is -0.0714. The first-order valence-corrected chi connectivity index (χ1v) is 8.59. The molecule has 2 aromatic carbocycles. The van der Waals surface area contributed by atoms with Crippen LogP contribution in [-0.2, 0) is 14.4 Å². The van der Waals surface area contributed by atoms with E-state index in [1.165, 1.54) is 31.2 Å². The molecule has 3 amide bonds. The minimum absolute atomic E-state index is 0.0714. The van der Waals surface area contributed by atoms with Crippen LogP contribution in [0.4, 0.5) is 17.1 Å². The molecule has 0 spiro atoms. The molecule has 1 heterocycles. The van der Waals surface area contributed by atoms with E-state index in [-0.39, 0.29) is 18.0 Å². The quantitative estimate of drug-likeness (QED) is 0.521. The number of nitro groups is 1. The van der Waals surface area contributed by atoms with Crippen LogP contribution < -0.4 is 16.0 Å². The van der Waals surface area contributed by atoms with Gasteiger partial charge in [-0.3, -0.25) is 24.5 Å². The molecule has 144 valence electrons. The third-order valence-electron chi connectivity index (χ3n) is 4.42. The molecule has 0 radical (unpaired) electrons. The molecule has 0 bridgehead atoms. The molecule has 3 N–H and O–H groups in total. The van der Waals surface area contributed by atoms with Crippen molar-refractivity contribution in [3.63, 3.8) is 0 Å². The Morgan fingerprint density at radius 3 is 2.54 bits per heavy atom. The highest BCUT2D eigenvalue weighted by Gasteiger charge is 2.32. The maximum Gasteiger partial charge on any atom is 0.269 e. The van der Waals surface area contributed by atoms with E-state index in [1.54, 1.807) is 24.3 Å². The number of benzene rings is 2. The Labute approximate surface area is 160 Å². The smallest absolute Gasteiger partial charge is 0.269 e. The summed E-state index contributed by atoms with van der Waals surface area (Å²) in [5.41, 5.74) is 1.73. The number of hydrogen-bond acceptors (Lipinski definition) is 5. The lowest BCUT2D eigenvalue weighted by atomic mass is 9.97. The van der Waals surface area contributed by atoms with Gasteiger partial charge in [0.2, 0.25) is 17.7 Å². The van der Waals surface area contributed by atoms with Crippen LogP contribution in [0.15, 0.2) is 48.5 Å². The molecule has 9 nitrogen and oxygen atoms in total. The predicted molar refractivity (Wildman–Crippen MR) is 102 cm³/mol. The number of fused-ring (bicyclic) bond motifs is 1. The fourth-order valence-electron chi connectivity index (χ4n) is 2.95. The van der Waals surface area contributed by atoms with E-state index in [4.69, 9.17) is 0 Å². The molecule has 9 heteroatoms. The fraction of sp³-hybridized carbons (Fsp3) is 0.211. The number of anilines is 2. The first-order chi connectivity index (χ1) is 13.3. The van der Waals surface area contributed by atoms with Gasteiger partial charge < -0.3 is 16.0 Å². The molecule has 0 aliphatic carbocycles. The zero-order chi connectivity index (χ0) is 20.3. The molecule has 3 rings (SSSR count). The van der Waals surface area contributed by atoms with E-state index < -0.39 is 28.7 Å². The van der Waals surface area contributed by atoms with Gasteiger partial charge in [-0.15, -0.1) is 0 Å². The maximum absolute atomic E-state index is 12.3. The summed E-state index contributed by atoms with van der Waals surface area (Å²) in [6.45, 7) is 1.52. The Morgan fingerprint density at radius 1 is 1.18 bits per heavy atom. The van der Waals surface area contributed by atoms with Crippen molar-refractivity contribution >= 4 is 34.8 Å². The number of nitro benzene ring substituents is 1. The number of nitrogens with zero attached hydrogens (tertiary/aromatic N) is 1. The lowest BCUT2D eigenvalue weighted by molar-refractivity contribution is -0.384.